The first-order valence-electron chi connectivity index (χ1n) is 7.01. The van der Waals surface area contributed by atoms with Gasteiger partial charge in [0, 0.05) is 26.0 Å². The van der Waals surface area contributed by atoms with Crippen molar-refractivity contribution in [1.82, 2.24) is 10.2 Å². The molecule has 2 unspecified atom stereocenters. The number of hydrogen-bond acceptors (Lipinski definition) is 4. The number of amides is 2. The normalized spacial score (nSPS) is 22.0. The summed E-state index contributed by atoms with van der Waals surface area (Å²) in [7, 11) is 1.67. The quantitative estimate of drug-likeness (QED) is 0.668. The number of rotatable bonds is 8. The number of carbonyl (C=O) groups excluding carboxylic acids is 1. The third-order valence-corrected chi connectivity index (χ3v) is 4.72. The topological polar surface area (TPSA) is 78.9 Å². The Balaban J connectivity index is 2.37. The molecule has 0 aromatic carbocycles. The van der Waals surface area contributed by atoms with Gasteiger partial charge in [0.1, 0.15) is 6.04 Å². The third-order valence-electron chi connectivity index (χ3n) is 3.26. The lowest BCUT2D eigenvalue weighted by atomic mass is 10.2. The standard InChI is InChI=1S/C13H24N2O4S/c1-3-11-15(10(9-20-11)12(16)17)13(18)14-7-5-4-6-8-19-2/h10-11H,3-9H2,1-2H3,(H,14,18)(H,16,17). The molecule has 1 aliphatic rings. The first-order chi connectivity index (χ1) is 9.61. The van der Waals surface area contributed by atoms with Gasteiger partial charge in [0.2, 0.25) is 0 Å². The van der Waals surface area contributed by atoms with E-state index in [2.05, 4.69) is 5.32 Å². The average Bonchev–Trinajstić information content (AvgIpc) is 2.86. The van der Waals surface area contributed by atoms with Gasteiger partial charge in [-0.2, -0.15) is 0 Å². The second-order valence-electron chi connectivity index (χ2n) is 4.74. The van der Waals surface area contributed by atoms with E-state index < -0.39 is 12.0 Å². The largest absolute Gasteiger partial charge is 0.480 e. The fraction of sp³-hybridized carbons (Fsp3) is 0.846. The van der Waals surface area contributed by atoms with Crippen LogP contribution in [0.25, 0.3) is 0 Å². The fourth-order valence-electron chi connectivity index (χ4n) is 2.18. The molecule has 6 nitrogen and oxygen atoms in total. The molecule has 0 aliphatic carbocycles. The summed E-state index contributed by atoms with van der Waals surface area (Å²) in [5, 5.41) is 11.9. The summed E-state index contributed by atoms with van der Waals surface area (Å²) in [6, 6.07) is -0.973. The van der Waals surface area contributed by atoms with Crippen molar-refractivity contribution in [2.75, 3.05) is 26.0 Å². The monoisotopic (exact) mass is 304 g/mol. The van der Waals surface area contributed by atoms with Crippen LogP contribution in [0.5, 0.6) is 0 Å². The Morgan fingerprint density at radius 3 is 2.75 bits per heavy atom. The van der Waals surface area contributed by atoms with E-state index in [9.17, 15) is 9.59 Å². The Labute approximate surface area is 124 Å². The number of unbranched alkanes of at least 4 members (excludes halogenated alkanes) is 2. The van der Waals surface area contributed by atoms with Crippen molar-refractivity contribution in [1.29, 1.82) is 0 Å². The van der Waals surface area contributed by atoms with Gasteiger partial charge >= 0.3 is 12.0 Å². The van der Waals surface area contributed by atoms with Crippen LogP contribution in [0, 0.1) is 0 Å². The number of nitrogens with zero attached hydrogens (tertiary/aromatic N) is 1. The van der Waals surface area contributed by atoms with E-state index in [-0.39, 0.29) is 11.4 Å². The lowest BCUT2D eigenvalue weighted by Gasteiger charge is -2.26. The van der Waals surface area contributed by atoms with Gasteiger partial charge in [-0.3, -0.25) is 4.90 Å². The number of hydrogen-bond donors (Lipinski definition) is 2. The van der Waals surface area contributed by atoms with Gasteiger partial charge in [0.05, 0.1) is 5.37 Å². The number of carbonyl (C=O) groups is 2. The smallest absolute Gasteiger partial charge is 0.327 e. The highest BCUT2D eigenvalue weighted by atomic mass is 32.2. The summed E-state index contributed by atoms with van der Waals surface area (Å²) in [6.07, 6.45) is 3.60. The van der Waals surface area contributed by atoms with Gasteiger partial charge in [-0.15, -0.1) is 11.8 Å². The van der Waals surface area contributed by atoms with Crippen LogP contribution in [0.4, 0.5) is 4.79 Å². The van der Waals surface area contributed by atoms with Crippen molar-refractivity contribution >= 4 is 23.8 Å². The molecule has 2 atom stereocenters. The third kappa shape index (κ3) is 4.86. The van der Waals surface area contributed by atoms with Crippen LogP contribution < -0.4 is 5.32 Å². The molecule has 0 aromatic heterocycles. The summed E-state index contributed by atoms with van der Waals surface area (Å²) in [5.41, 5.74) is 0. The maximum atomic E-state index is 12.1. The maximum Gasteiger partial charge on any atom is 0.327 e. The summed E-state index contributed by atoms with van der Waals surface area (Å²) in [5.74, 6) is -0.460. The number of methoxy groups -OCH3 is 1. The number of nitrogens with one attached hydrogen (secondary N) is 1. The van der Waals surface area contributed by atoms with Gasteiger partial charge < -0.3 is 15.2 Å². The number of aliphatic carboxylic acids is 1. The summed E-state index contributed by atoms with van der Waals surface area (Å²) in [4.78, 5) is 24.8. The van der Waals surface area contributed by atoms with Gasteiger partial charge in [-0.25, -0.2) is 9.59 Å². The van der Waals surface area contributed by atoms with Crippen molar-refractivity contribution in [3.8, 4) is 0 Å². The predicted octanol–water partition coefficient (Wildman–Crippen LogP) is 1.75. The predicted molar refractivity (Wildman–Crippen MR) is 78.9 cm³/mol. The lowest BCUT2D eigenvalue weighted by Crippen LogP contribution is -2.50. The van der Waals surface area contributed by atoms with Gasteiger partial charge in [-0.05, 0) is 25.7 Å². The van der Waals surface area contributed by atoms with Crippen LogP contribution in [0.15, 0.2) is 0 Å². The summed E-state index contributed by atoms with van der Waals surface area (Å²) in [6.45, 7) is 3.27. The molecule has 2 N–H and O–H groups in total. The molecule has 1 fully saturated rings. The van der Waals surface area contributed by atoms with Crippen LogP contribution >= 0.6 is 11.8 Å². The molecule has 1 aliphatic heterocycles. The molecule has 1 heterocycles. The van der Waals surface area contributed by atoms with Crippen LogP contribution in [0.1, 0.15) is 32.6 Å². The molecule has 0 radical (unpaired) electrons. The molecule has 0 aromatic rings. The molecule has 1 saturated heterocycles. The highest BCUT2D eigenvalue weighted by molar-refractivity contribution is 8.00. The summed E-state index contributed by atoms with van der Waals surface area (Å²) < 4.78 is 4.96. The molecule has 20 heavy (non-hydrogen) atoms. The Morgan fingerprint density at radius 1 is 1.40 bits per heavy atom. The second kappa shape index (κ2) is 9.07. The van der Waals surface area contributed by atoms with E-state index in [0.29, 0.717) is 12.3 Å². The minimum atomic E-state index is -0.927. The van der Waals surface area contributed by atoms with Gasteiger partial charge in [0.15, 0.2) is 0 Å². The van der Waals surface area contributed by atoms with E-state index in [1.807, 2.05) is 6.92 Å². The molecule has 0 spiro atoms. The molecular formula is C13H24N2O4S. The Morgan fingerprint density at radius 2 is 2.15 bits per heavy atom. The highest BCUT2D eigenvalue weighted by Gasteiger charge is 2.40. The number of ether oxygens (including phenoxy) is 1. The number of thioether (sulfide) groups is 1. The molecule has 2 amide bonds. The molecule has 7 heteroatoms. The molecule has 116 valence electrons. The molecule has 1 rings (SSSR count). The molecule has 0 bridgehead atoms. The number of carboxylic acid groups (broad SMARTS) is 1. The Kier molecular flexibility index (Phi) is 7.76. The van der Waals surface area contributed by atoms with Crippen molar-refractivity contribution in [2.24, 2.45) is 0 Å². The van der Waals surface area contributed by atoms with Crippen LogP contribution in [0.2, 0.25) is 0 Å². The van der Waals surface area contributed by atoms with Gasteiger partial charge in [0.25, 0.3) is 0 Å². The average molecular weight is 304 g/mol. The van der Waals surface area contributed by atoms with E-state index >= 15 is 0 Å². The van der Waals surface area contributed by atoms with E-state index in [1.165, 1.54) is 16.7 Å². The number of urea groups is 1. The van der Waals surface area contributed by atoms with Gasteiger partial charge in [-0.1, -0.05) is 6.92 Å². The minimum absolute atomic E-state index is 0.0374. The Hall–Kier alpha value is -0.950. The first-order valence-corrected chi connectivity index (χ1v) is 8.06. The molecular weight excluding hydrogens is 280 g/mol. The van der Waals surface area contributed by atoms with E-state index in [4.69, 9.17) is 9.84 Å². The van der Waals surface area contributed by atoms with Crippen molar-refractivity contribution < 1.29 is 19.4 Å². The second-order valence-corrected chi connectivity index (χ2v) is 5.95. The zero-order valence-electron chi connectivity index (χ0n) is 12.1. The zero-order chi connectivity index (χ0) is 15.0. The van der Waals surface area contributed by atoms with E-state index in [1.54, 1.807) is 7.11 Å². The van der Waals surface area contributed by atoms with Crippen molar-refractivity contribution in [2.45, 2.75) is 44.0 Å². The molecule has 0 saturated carbocycles. The van der Waals surface area contributed by atoms with Crippen molar-refractivity contribution in [3.05, 3.63) is 0 Å². The van der Waals surface area contributed by atoms with Crippen LogP contribution in [-0.4, -0.2) is 59.4 Å². The Bertz CT molecular complexity index is 327. The number of carboxylic acids is 1. The zero-order valence-corrected chi connectivity index (χ0v) is 12.9. The maximum absolute atomic E-state index is 12.1. The van der Waals surface area contributed by atoms with E-state index in [0.717, 1.165) is 32.3 Å². The minimum Gasteiger partial charge on any atom is -0.480 e. The SMILES string of the molecule is CCC1SCC(C(=O)O)N1C(=O)NCCCCCOC. The first kappa shape index (κ1) is 17.1. The van der Waals surface area contributed by atoms with Crippen LogP contribution in [-0.2, 0) is 9.53 Å². The van der Waals surface area contributed by atoms with Crippen molar-refractivity contribution in [3.63, 3.8) is 0 Å². The fourth-order valence-corrected chi connectivity index (χ4v) is 3.52. The lowest BCUT2D eigenvalue weighted by molar-refractivity contribution is -0.141. The highest BCUT2D eigenvalue weighted by Crippen LogP contribution is 2.31. The van der Waals surface area contributed by atoms with Crippen LogP contribution in [0.3, 0.4) is 0 Å². The summed E-state index contributed by atoms with van der Waals surface area (Å²) >= 11 is 1.53.